The fraction of sp³-hybridized carbons (Fsp3) is 0. The lowest BCUT2D eigenvalue weighted by Crippen LogP contribution is -1.93. The lowest BCUT2D eigenvalue weighted by Gasteiger charge is -2.20. The zero-order valence-corrected chi connectivity index (χ0v) is 34.6. The quantitative estimate of drug-likeness (QED) is 0.166. The van der Waals surface area contributed by atoms with Crippen molar-refractivity contribution in [3.05, 3.63) is 218 Å². The van der Waals surface area contributed by atoms with Crippen LogP contribution >= 0.6 is 0 Å². The van der Waals surface area contributed by atoms with Crippen LogP contribution in [0.2, 0.25) is 0 Å². The first-order chi connectivity index (χ1) is 31.8. The van der Waals surface area contributed by atoms with E-state index in [0.29, 0.717) is 0 Å². The number of fused-ring (bicyclic) bond motifs is 13. The minimum Gasteiger partial charge on any atom is -0.456 e. The van der Waals surface area contributed by atoms with E-state index in [1.54, 1.807) is 0 Å². The van der Waals surface area contributed by atoms with Crippen LogP contribution in [0.15, 0.2) is 227 Å². The molecule has 0 aliphatic rings. The first-order valence-corrected chi connectivity index (χ1v) is 22.0. The molecule has 14 aromatic rings. The standard InChI is InChI=1S/C62H36O2/c1-2-19-40-37(15-1)16-14-29-41(40)38-17-13-18-39(35-38)58-47-24-7-9-26-49(47)59(50-27-10-8-25-48(50)58)51-32-31-45(42-20-3-4-21-43(42)51)54-36-57-60(46-23-6-5-22-44(46)54)53-33-34-56-61(62(53)64-57)52-28-11-12-30-55(52)63-56/h1-36H. The van der Waals surface area contributed by atoms with Gasteiger partial charge < -0.3 is 8.83 Å². The van der Waals surface area contributed by atoms with Crippen molar-refractivity contribution < 1.29 is 8.83 Å². The Hall–Kier alpha value is -8.46. The first-order valence-electron chi connectivity index (χ1n) is 22.0. The minimum atomic E-state index is 0.835. The van der Waals surface area contributed by atoms with Crippen molar-refractivity contribution in [2.75, 3.05) is 0 Å². The highest BCUT2D eigenvalue weighted by atomic mass is 16.3. The van der Waals surface area contributed by atoms with Crippen LogP contribution < -0.4 is 0 Å². The highest BCUT2D eigenvalue weighted by molar-refractivity contribution is 6.29. The summed E-state index contributed by atoms with van der Waals surface area (Å²) in [4.78, 5) is 0. The van der Waals surface area contributed by atoms with Gasteiger partial charge in [0.05, 0.1) is 5.39 Å². The SMILES string of the molecule is c1cc(-c2cccc3ccccc23)cc(-c2c3ccccc3c(-c3ccc(-c4cc5oc6c(ccc7oc8ccccc8c76)c5c5ccccc45)c4ccccc34)c3ccccc23)c1. The summed E-state index contributed by atoms with van der Waals surface area (Å²) in [6.45, 7) is 0. The molecule has 2 heteroatoms. The molecule has 0 spiro atoms. The third kappa shape index (κ3) is 5.02. The van der Waals surface area contributed by atoms with Crippen LogP contribution in [0, 0.1) is 0 Å². The van der Waals surface area contributed by atoms with E-state index in [0.717, 1.165) is 49.4 Å². The zero-order chi connectivity index (χ0) is 41.9. The molecule has 0 amide bonds. The van der Waals surface area contributed by atoms with E-state index < -0.39 is 0 Å². The van der Waals surface area contributed by atoms with E-state index in [4.69, 9.17) is 8.83 Å². The Balaban J connectivity index is 0.997. The molecule has 0 aliphatic carbocycles. The number of rotatable bonds is 4. The van der Waals surface area contributed by atoms with Gasteiger partial charge in [0.1, 0.15) is 22.3 Å². The molecule has 0 saturated heterocycles. The van der Waals surface area contributed by atoms with Gasteiger partial charge in [-0.15, -0.1) is 0 Å². The molecule has 0 aliphatic heterocycles. The molecular weight excluding hydrogens is 777 g/mol. The van der Waals surface area contributed by atoms with Crippen molar-refractivity contribution >= 4 is 97.7 Å². The first kappa shape index (κ1) is 35.2. The van der Waals surface area contributed by atoms with Crippen molar-refractivity contribution in [3.8, 4) is 44.5 Å². The van der Waals surface area contributed by atoms with E-state index in [1.807, 2.05) is 12.1 Å². The lowest BCUT2D eigenvalue weighted by molar-refractivity contribution is 0.663. The van der Waals surface area contributed by atoms with Gasteiger partial charge in [0.2, 0.25) is 0 Å². The second kappa shape index (κ2) is 13.5. The third-order valence-corrected chi connectivity index (χ3v) is 13.7. The van der Waals surface area contributed by atoms with Crippen LogP contribution in [0.4, 0.5) is 0 Å². The van der Waals surface area contributed by atoms with Crippen molar-refractivity contribution in [3.63, 3.8) is 0 Å². The predicted octanol–water partition coefficient (Wildman–Crippen LogP) is 17.9. The molecular formula is C62H36O2. The van der Waals surface area contributed by atoms with E-state index in [-0.39, 0.29) is 0 Å². The second-order valence-corrected chi connectivity index (χ2v) is 17.0. The number of hydrogen-bond donors (Lipinski definition) is 0. The summed E-state index contributed by atoms with van der Waals surface area (Å²) in [7, 11) is 0. The molecule has 64 heavy (non-hydrogen) atoms. The van der Waals surface area contributed by atoms with Crippen LogP contribution in [0.25, 0.3) is 142 Å². The van der Waals surface area contributed by atoms with Gasteiger partial charge in [-0.05, 0) is 129 Å². The highest BCUT2D eigenvalue weighted by Gasteiger charge is 2.23. The molecule has 0 atom stereocenters. The normalized spacial score (nSPS) is 12.1. The van der Waals surface area contributed by atoms with Crippen LogP contribution in [-0.4, -0.2) is 0 Å². The van der Waals surface area contributed by atoms with E-state index >= 15 is 0 Å². The van der Waals surface area contributed by atoms with Crippen molar-refractivity contribution in [2.45, 2.75) is 0 Å². The molecule has 2 aromatic heterocycles. The molecule has 0 bridgehead atoms. The molecule has 296 valence electrons. The Morgan fingerprint density at radius 1 is 0.234 bits per heavy atom. The summed E-state index contributed by atoms with van der Waals surface area (Å²) >= 11 is 0. The Bertz CT molecular complexity index is 4200. The van der Waals surface area contributed by atoms with Crippen LogP contribution in [0.1, 0.15) is 0 Å². The Morgan fingerprint density at radius 2 is 0.781 bits per heavy atom. The van der Waals surface area contributed by atoms with E-state index in [2.05, 4.69) is 206 Å². The Morgan fingerprint density at radius 3 is 1.53 bits per heavy atom. The van der Waals surface area contributed by atoms with E-state index in [1.165, 1.54) is 92.8 Å². The Kier molecular flexibility index (Phi) is 7.43. The molecule has 0 N–H and O–H groups in total. The topological polar surface area (TPSA) is 26.3 Å². The molecule has 0 unspecified atom stereocenters. The Labute approximate surface area is 367 Å². The second-order valence-electron chi connectivity index (χ2n) is 17.0. The van der Waals surface area contributed by atoms with Crippen LogP contribution in [0.3, 0.4) is 0 Å². The van der Waals surface area contributed by atoms with Gasteiger partial charge in [-0.3, -0.25) is 0 Å². The smallest absolute Gasteiger partial charge is 0.147 e. The third-order valence-electron chi connectivity index (χ3n) is 13.7. The molecule has 2 heterocycles. The van der Waals surface area contributed by atoms with Gasteiger partial charge >= 0.3 is 0 Å². The maximum Gasteiger partial charge on any atom is 0.147 e. The summed E-state index contributed by atoms with van der Waals surface area (Å²) in [5.41, 5.74) is 13.1. The molecule has 0 radical (unpaired) electrons. The van der Waals surface area contributed by atoms with Gasteiger partial charge in [-0.25, -0.2) is 0 Å². The van der Waals surface area contributed by atoms with Crippen molar-refractivity contribution in [1.29, 1.82) is 0 Å². The molecule has 14 rings (SSSR count). The minimum absolute atomic E-state index is 0.835. The van der Waals surface area contributed by atoms with Crippen LogP contribution in [-0.2, 0) is 0 Å². The zero-order valence-electron chi connectivity index (χ0n) is 34.6. The van der Waals surface area contributed by atoms with Gasteiger partial charge in [0.15, 0.2) is 0 Å². The maximum atomic E-state index is 6.94. The van der Waals surface area contributed by atoms with Crippen molar-refractivity contribution in [2.24, 2.45) is 0 Å². The monoisotopic (exact) mass is 812 g/mol. The fourth-order valence-corrected chi connectivity index (χ4v) is 10.9. The predicted molar refractivity (Wildman–Crippen MR) is 270 cm³/mol. The maximum absolute atomic E-state index is 6.94. The highest BCUT2D eigenvalue weighted by Crippen LogP contribution is 2.49. The summed E-state index contributed by atoms with van der Waals surface area (Å²) in [5, 5.41) is 16.5. The molecule has 2 nitrogen and oxygen atoms in total. The summed E-state index contributed by atoms with van der Waals surface area (Å²) < 4.78 is 13.2. The van der Waals surface area contributed by atoms with E-state index in [9.17, 15) is 0 Å². The number of furan rings is 2. The number of para-hydroxylation sites is 1. The molecule has 0 saturated carbocycles. The van der Waals surface area contributed by atoms with Gasteiger partial charge in [0, 0.05) is 16.2 Å². The summed E-state index contributed by atoms with van der Waals surface area (Å²) in [5.74, 6) is 0. The average molecular weight is 813 g/mol. The van der Waals surface area contributed by atoms with Crippen molar-refractivity contribution in [1.82, 2.24) is 0 Å². The summed E-state index contributed by atoms with van der Waals surface area (Å²) in [6, 6.07) is 79.4. The van der Waals surface area contributed by atoms with Gasteiger partial charge in [0.25, 0.3) is 0 Å². The van der Waals surface area contributed by atoms with Gasteiger partial charge in [-0.1, -0.05) is 188 Å². The van der Waals surface area contributed by atoms with Crippen LogP contribution in [0.5, 0.6) is 0 Å². The lowest BCUT2D eigenvalue weighted by atomic mass is 9.83. The number of hydrogen-bond acceptors (Lipinski definition) is 2. The van der Waals surface area contributed by atoms with Gasteiger partial charge in [-0.2, -0.15) is 0 Å². The fourth-order valence-electron chi connectivity index (χ4n) is 10.9. The summed E-state index contributed by atoms with van der Waals surface area (Å²) in [6.07, 6.45) is 0. The number of benzene rings is 12. The largest absolute Gasteiger partial charge is 0.456 e. The average Bonchev–Trinajstić information content (AvgIpc) is 3.94. The molecule has 0 fully saturated rings. The molecule has 12 aromatic carbocycles.